The molecule has 0 radical (unpaired) electrons. The van der Waals surface area contributed by atoms with E-state index in [0.29, 0.717) is 5.75 Å². The average molecular weight is 285 g/mol. The van der Waals surface area contributed by atoms with Crippen LogP contribution in [0.5, 0.6) is 17.2 Å². The molecule has 4 heteroatoms. The number of aryl methyl sites for hydroxylation is 1. The maximum Gasteiger partial charge on any atom is 0.231 e. The molecule has 0 aliphatic carbocycles. The number of rotatable bonds is 3. The van der Waals surface area contributed by atoms with Crippen LogP contribution in [0.2, 0.25) is 0 Å². The van der Waals surface area contributed by atoms with Gasteiger partial charge in [-0.05, 0) is 50.1 Å². The standard InChI is InChI=1S/C17H19NO3/c1-10-4-6-14(11(2)17(10)19)18-12(3)13-5-7-15-16(8-13)21-9-20-15/h4-8,12,18-19H,9H2,1-3H3. The Bertz CT molecular complexity index is 682. The van der Waals surface area contributed by atoms with Crippen LogP contribution in [0, 0.1) is 13.8 Å². The average Bonchev–Trinajstić information content (AvgIpc) is 2.95. The third-order valence-corrected chi connectivity index (χ3v) is 3.90. The first-order chi connectivity index (χ1) is 10.1. The highest BCUT2D eigenvalue weighted by atomic mass is 16.7. The van der Waals surface area contributed by atoms with Crippen LogP contribution in [-0.2, 0) is 0 Å². The number of aromatic hydroxyl groups is 1. The summed E-state index contributed by atoms with van der Waals surface area (Å²) >= 11 is 0. The molecule has 0 saturated heterocycles. The number of hydrogen-bond donors (Lipinski definition) is 2. The summed E-state index contributed by atoms with van der Waals surface area (Å²) in [5, 5.41) is 13.5. The molecule has 2 aromatic rings. The van der Waals surface area contributed by atoms with Gasteiger partial charge < -0.3 is 19.9 Å². The summed E-state index contributed by atoms with van der Waals surface area (Å²) in [5.41, 5.74) is 3.79. The van der Waals surface area contributed by atoms with E-state index in [0.717, 1.165) is 33.9 Å². The highest BCUT2D eigenvalue weighted by Crippen LogP contribution is 2.36. The van der Waals surface area contributed by atoms with E-state index < -0.39 is 0 Å². The molecule has 1 atom stereocenters. The van der Waals surface area contributed by atoms with E-state index in [1.165, 1.54) is 0 Å². The van der Waals surface area contributed by atoms with Crippen LogP contribution in [0.3, 0.4) is 0 Å². The minimum absolute atomic E-state index is 0.0975. The Morgan fingerprint density at radius 2 is 1.86 bits per heavy atom. The second kappa shape index (κ2) is 5.20. The van der Waals surface area contributed by atoms with Crippen LogP contribution < -0.4 is 14.8 Å². The van der Waals surface area contributed by atoms with Crippen molar-refractivity contribution in [3.05, 3.63) is 47.0 Å². The van der Waals surface area contributed by atoms with Crippen LogP contribution in [0.4, 0.5) is 5.69 Å². The lowest BCUT2D eigenvalue weighted by atomic mass is 10.0. The summed E-state index contributed by atoms with van der Waals surface area (Å²) in [6.07, 6.45) is 0. The van der Waals surface area contributed by atoms with Crippen molar-refractivity contribution < 1.29 is 14.6 Å². The molecule has 0 bridgehead atoms. The van der Waals surface area contributed by atoms with Gasteiger partial charge in [0, 0.05) is 17.3 Å². The lowest BCUT2D eigenvalue weighted by Gasteiger charge is -2.19. The van der Waals surface area contributed by atoms with E-state index in [1.54, 1.807) is 0 Å². The molecule has 0 saturated carbocycles. The van der Waals surface area contributed by atoms with E-state index in [-0.39, 0.29) is 12.8 Å². The Morgan fingerprint density at radius 1 is 1.10 bits per heavy atom. The van der Waals surface area contributed by atoms with Crippen molar-refractivity contribution in [2.24, 2.45) is 0 Å². The Balaban J connectivity index is 1.83. The molecular formula is C17H19NO3. The SMILES string of the molecule is Cc1ccc(NC(C)c2ccc3c(c2)OCO3)c(C)c1O. The quantitative estimate of drug-likeness (QED) is 0.897. The second-order valence-corrected chi connectivity index (χ2v) is 5.38. The van der Waals surface area contributed by atoms with Gasteiger partial charge in [-0.25, -0.2) is 0 Å². The first kappa shape index (κ1) is 13.6. The highest BCUT2D eigenvalue weighted by molar-refractivity contribution is 5.60. The van der Waals surface area contributed by atoms with Crippen molar-refractivity contribution in [2.45, 2.75) is 26.8 Å². The molecular weight excluding hydrogens is 266 g/mol. The number of phenols is 1. The van der Waals surface area contributed by atoms with Gasteiger partial charge in [-0.1, -0.05) is 12.1 Å². The zero-order valence-corrected chi connectivity index (χ0v) is 12.4. The van der Waals surface area contributed by atoms with Gasteiger partial charge >= 0.3 is 0 Å². The van der Waals surface area contributed by atoms with Gasteiger partial charge in [0.15, 0.2) is 11.5 Å². The Kier molecular flexibility index (Phi) is 3.37. The molecule has 4 nitrogen and oxygen atoms in total. The van der Waals surface area contributed by atoms with E-state index in [2.05, 4.69) is 12.2 Å². The van der Waals surface area contributed by atoms with Gasteiger partial charge in [0.25, 0.3) is 0 Å². The van der Waals surface area contributed by atoms with Crippen LogP contribution in [0.25, 0.3) is 0 Å². The summed E-state index contributed by atoms with van der Waals surface area (Å²) in [6, 6.07) is 9.94. The Labute approximate surface area is 124 Å². The van der Waals surface area contributed by atoms with Crippen molar-refractivity contribution in [1.29, 1.82) is 0 Å². The minimum atomic E-state index is 0.0975. The number of ether oxygens (including phenoxy) is 2. The van der Waals surface area contributed by atoms with E-state index >= 15 is 0 Å². The van der Waals surface area contributed by atoms with Gasteiger partial charge in [-0.15, -0.1) is 0 Å². The van der Waals surface area contributed by atoms with Gasteiger partial charge in [0.2, 0.25) is 6.79 Å². The fraction of sp³-hybridized carbons (Fsp3) is 0.294. The van der Waals surface area contributed by atoms with Crippen LogP contribution in [0.15, 0.2) is 30.3 Å². The van der Waals surface area contributed by atoms with Crippen molar-refractivity contribution in [2.75, 3.05) is 12.1 Å². The molecule has 21 heavy (non-hydrogen) atoms. The number of benzene rings is 2. The minimum Gasteiger partial charge on any atom is -0.507 e. The highest BCUT2D eigenvalue weighted by Gasteiger charge is 2.16. The summed E-state index contributed by atoms with van der Waals surface area (Å²) in [5.74, 6) is 1.91. The van der Waals surface area contributed by atoms with Gasteiger partial charge in [0.1, 0.15) is 5.75 Å². The van der Waals surface area contributed by atoms with Gasteiger partial charge in [-0.2, -0.15) is 0 Å². The summed E-state index contributed by atoms with van der Waals surface area (Å²) < 4.78 is 10.7. The Hall–Kier alpha value is -2.36. The molecule has 1 aliphatic heterocycles. The van der Waals surface area contributed by atoms with Gasteiger partial charge in [-0.3, -0.25) is 0 Å². The third kappa shape index (κ3) is 2.49. The predicted octanol–water partition coefficient (Wildman–Crippen LogP) is 3.91. The van der Waals surface area contributed by atoms with Crippen LogP contribution >= 0.6 is 0 Å². The summed E-state index contributed by atoms with van der Waals surface area (Å²) in [7, 11) is 0. The van der Waals surface area contributed by atoms with E-state index in [9.17, 15) is 5.11 Å². The van der Waals surface area contributed by atoms with Crippen molar-refractivity contribution in [3.63, 3.8) is 0 Å². The monoisotopic (exact) mass is 285 g/mol. The number of phenolic OH excluding ortho intramolecular Hbond substituents is 1. The summed E-state index contributed by atoms with van der Waals surface area (Å²) in [6.45, 7) is 6.17. The maximum atomic E-state index is 10.0. The molecule has 2 aromatic carbocycles. The fourth-order valence-corrected chi connectivity index (χ4v) is 2.49. The molecule has 110 valence electrons. The number of hydrogen-bond acceptors (Lipinski definition) is 4. The van der Waals surface area contributed by atoms with Crippen LogP contribution in [-0.4, -0.2) is 11.9 Å². The van der Waals surface area contributed by atoms with E-state index in [4.69, 9.17) is 9.47 Å². The molecule has 3 rings (SSSR count). The smallest absolute Gasteiger partial charge is 0.231 e. The fourth-order valence-electron chi connectivity index (χ4n) is 2.49. The number of anilines is 1. The molecule has 2 N–H and O–H groups in total. The zero-order chi connectivity index (χ0) is 15.0. The molecule has 0 aromatic heterocycles. The van der Waals surface area contributed by atoms with Crippen molar-refractivity contribution in [1.82, 2.24) is 0 Å². The van der Waals surface area contributed by atoms with Crippen molar-refractivity contribution in [3.8, 4) is 17.2 Å². The molecule has 1 unspecified atom stereocenters. The topological polar surface area (TPSA) is 50.7 Å². The van der Waals surface area contributed by atoms with Crippen molar-refractivity contribution >= 4 is 5.69 Å². The molecule has 0 spiro atoms. The molecule has 0 amide bonds. The molecule has 0 fully saturated rings. The lowest BCUT2D eigenvalue weighted by Crippen LogP contribution is -2.08. The molecule has 1 aliphatic rings. The maximum absolute atomic E-state index is 10.0. The third-order valence-electron chi connectivity index (χ3n) is 3.90. The number of fused-ring (bicyclic) bond motifs is 1. The van der Waals surface area contributed by atoms with Gasteiger partial charge in [0.05, 0.1) is 0 Å². The lowest BCUT2D eigenvalue weighted by molar-refractivity contribution is 0.174. The first-order valence-corrected chi connectivity index (χ1v) is 7.01. The number of nitrogens with one attached hydrogen (secondary N) is 1. The van der Waals surface area contributed by atoms with E-state index in [1.807, 2.05) is 44.2 Å². The summed E-state index contributed by atoms with van der Waals surface area (Å²) in [4.78, 5) is 0. The second-order valence-electron chi connectivity index (χ2n) is 5.38. The largest absolute Gasteiger partial charge is 0.507 e. The predicted molar refractivity (Wildman–Crippen MR) is 82.2 cm³/mol. The zero-order valence-electron chi connectivity index (χ0n) is 12.4. The Morgan fingerprint density at radius 3 is 2.67 bits per heavy atom. The molecule has 1 heterocycles. The van der Waals surface area contributed by atoms with Crippen LogP contribution in [0.1, 0.15) is 29.7 Å². The normalized spacial score (nSPS) is 14.0. The first-order valence-electron chi connectivity index (χ1n) is 7.01.